The Hall–Kier alpha value is -1.11. The average Bonchev–Trinajstić information content (AvgIpc) is 2.02. The molecule has 0 spiro atoms. The Kier molecular flexibility index (Phi) is 4.20. The molecule has 1 aliphatic carbocycles. The molecule has 0 aromatic carbocycles. The van der Waals surface area contributed by atoms with Crippen LogP contribution in [0.2, 0.25) is 0 Å². The Morgan fingerprint density at radius 3 is 2.18 bits per heavy atom. The maximum atomic E-state index is 10.7. The molecular weight excluding hydrogens is 136 g/mol. The van der Waals surface area contributed by atoms with Gasteiger partial charge in [0.1, 0.15) is 0 Å². The summed E-state index contributed by atoms with van der Waals surface area (Å²) in [6, 6.07) is 0. The van der Waals surface area contributed by atoms with Crippen molar-refractivity contribution in [1.29, 1.82) is 0 Å². The van der Waals surface area contributed by atoms with Gasteiger partial charge in [-0.25, -0.2) is 0 Å². The second-order valence-electron chi connectivity index (χ2n) is 2.10. The summed E-state index contributed by atoms with van der Waals surface area (Å²) >= 11 is 0. The van der Waals surface area contributed by atoms with Crippen LogP contribution in [0.5, 0.6) is 0 Å². The maximum Gasteiger partial charge on any atom is 0.181 e. The van der Waals surface area contributed by atoms with Gasteiger partial charge in [-0.15, -0.1) is 0 Å². The molecule has 0 unspecified atom stereocenters. The monoisotopic (exact) mass is 150 g/mol. The van der Waals surface area contributed by atoms with E-state index in [4.69, 9.17) is 0 Å². The van der Waals surface area contributed by atoms with Crippen LogP contribution in [0.15, 0.2) is 36.0 Å². The van der Waals surface area contributed by atoms with Gasteiger partial charge in [-0.3, -0.25) is 4.79 Å². The molecule has 60 valence electrons. The van der Waals surface area contributed by atoms with Crippen molar-refractivity contribution in [3.63, 3.8) is 0 Å². The fourth-order valence-electron chi connectivity index (χ4n) is 0.712. The topological polar surface area (TPSA) is 17.1 Å². The van der Waals surface area contributed by atoms with E-state index in [9.17, 15) is 4.79 Å². The molecular formula is C10H14O. The van der Waals surface area contributed by atoms with Crippen molar-refractivity contribution in [2.75, 3.05) is 0 Å². The summed E-state index contributed by atoms with van der Waals surface area (Å²) in [7, 11) is 0. The SMILES string of the molecule is C=C1C=CC(=O)C(C)=C1.CC. The summed E-state index contributed by atoms with van der Waals surface area (Å²) < 4.78 is 0. The van der Waals surface area contributed by atoms with E-state index < -0.39 is 0 Å². The van der Waals surface area contributed by atoms with Crippen LogP contribution in [-0.2, 0) is 4.79 Å². The lowest BCUT2D eigenvalue weighted by Gasteiger charge is -2.00. The van der Waals surface area contributed by atoms with Crippen molar-refractivity contribution in [3.8, 4) is 0 Å². The van der Waals surface area contributed by atoms with Crippen molar-refractivity contribution < 1.29 is 4.79 Å². The van der Waals surface area contributed by atoms with E-state index in [0.29, 0.717) is 0 Å². The number of ketones is 1. The number of allylic oxidation sites excluding steroid dienone is 5. The summed E-state index contributed by atoms with van der Waals surface area (Å²) in [5.41, 5.74) is 1.66. The molecule has 0 aromatic heterocycles. The molecule has 1 aliphatic rings. The fourth-order valence-corrected chi connectivity index (χ4v) is 0.712. The Bertz CT molecular complexity index is 219. The first-order chi connectivity index (χ1) is 5.20. The lowest BCUT2D eigenvalue weighted by atomic mass is 10.0. The van der Waals surface area contributed by atoms with Gasteiger partial charge in [-0.2, -0.15) is 0 Å². The van der Waals surface area contributed by atoms with Crippen molar-refractivity contribution in [2.45, 2.75) is 20.8 Å². The highest BCUT2D eigenvalue weighted by Gasteiger charge is 2.03. The molecule has 1 rings (SSSR count). The van der Waals surface area contributed by atoms with Crippen LogP contribution < -0.4 is 0 Å². The van der Waals surface area contributed by atoms with E-state index in [2.05, 4.69) is 6.58 Å². The predicted molar refractivity (Wildman–Crippen MR) is 48.4 cm³/mol. The van der Waals surface area contributed by atoms with Gasteiger partial charge in [0.25, 0.3) is 0 Å². The molecule has 11 heavy (non-hydrogen) atoms. The van der Waals surface area contributed by atoms with Crippen molar-refractivity contribution in [2.24, 2.45) is 0 Å². The summed E-state index contributed by atoms with van der Waals surface area (Å²) in [6.07, 6.45) is 5.04. The Morgan fingerprint density at radius 2 is 1.82 bits per heavy atom. The molecule has 0 saturated carbocycles. The van der Waals surface area contributed by atoms with E-state index in [1.807, 2.05) is 13.8 Å². The first-order valence-electron chi connectivity index (χ1n) is 3.80. The number of hydrogen-bond acceptors (Lipinski definition) is 1. The second kappa shape index (κ2) is 4.67. The van der Waals surface area contributed by atoms with Crippen molar-refractivity contribution >= 4 is 5.78 Å². The van der Waals surface area contributed by atoms with E-state index >= 15 is 0 Å². The minimum Gasteiger partial charge on any atom is -0.290 e. The molecule has 0 radical (unpaired) electrons. The molecule has 1 heteroatoms. The summed E-state index contributed by atoms with van der Waals surface area (Å²) in [6.45, 7) is 9.47. The lowest BCUT2D eigenvalue weighted by molar-refractivity contribution is -0.111. The molecule has 1 nitrogen and oxygen atoms in total. The van der Waals surface area contributed by atoms with E-state index in [-0.39, 0.29) is 5.78 Å². The van der Waals surface area contributed by atoms with Gasteiger partial charge >= 0.3 is 0 Å². The number of hydrogen-bond donors (Lipinski definition) is 0. The molecule has 0 fully saturated rings. The zero-order chi connectivity index (χ0) is 8.85. The third kappa shape index (κ3) is 2.99. The zero-order valence-corrected chi connectivity index (χ0v) is 7.35. The summed E-state index contributed by atoms with van der Waals surface area (Å²) in [4.78, 5) is 10.7. The highest BCUT2D eigenvalue weighted by molar-refractivity contribution is 6.05. The van der Waals surface area contributed by atoms with Crippen LogP contribution >= 0.6 is 0 Å². The molecule has 0 aromatic rings. The molecule has 0 aliphatic heterocycles. The summed E-state index contributed by atoms with van der Waals surface area (Å²) in [5.74, 6) is 0.0856. The van der Waals surface area contributed by atoms with Gasteiger partial charge in [0.2, 0.25) is 0 Å². The zero-order valence-electron chi connectivity index (χ0n) is 7.35. The highest BCUT2D eigenvalue weighted by Crippen LogP contribution is 2.09. The van der Waals surface area contributed by atoms with Crippen LogP contribution in [0.3, 0.4) is 0 Å². The fraction of sp³-hybridized carbons (Fsp3) is 0.300. The van der Waals surface area contributed by atoms with E-state index in [1.54, 1.807) is 19.1 Å². The molecule has 0 saturated heterocycles. The quantitative estimate of drug-likeness (QED) is 0.519. The van der Waals surface area contributed by atoms with E-state index in [1.165, 1.54) is 6.08 Å². The Balaban J connectivity index is 0.000000461. The smallest absolute Gasteiger partial charge is 0.181 e. The van der Waals surface area contributed by atoms with Crippen LogP contribution in [0.25, 0.3) is 0 Å². The number of carbonyl (C=O) groups is 1. The molecule has 0 heterocycles. The van der Waals surface area contributed by atoms with Crippen LogP contribution in [-0.4, -0.2) is 5.78 Å². The first-order valence-corrected chi connectivity index (χ1v) is 3.80. The van der Waals surface area contributed by atoms with Gasteiger partial charge in [-0.1, -0.05) is 26.5 Å². The Labute approximate surface area is 68.1 Å². The lowest BCUT2D eigenvalue weighted by Crippen LogP contribution is -1.98. The first kappa shape index (κ1) is 9.89. The minimum atomic E-state index is 0.0856. The predicted octanol–water partition coefficient (Wildman–Crippen LogP) is 2.65. The largest absolute Gasteiger partial charge is 0.290 e. The molecule has 0 bridgehead atoms. The third-order valence-electron chi connectivity index (χ3n) is 1.24. The maximum absolute atomic E-state index is 10.7. The van der Waals surface area contributed by atoms with Crippen molar-refractivity contribution in [3.05, 3.63) is 36.0 Å². The van der Waals surface area contributed by atoms with Crippen LogP contribution in [0.1, 0.15) is 20.8 Å². The normalized spacial score (nSPS) is 15.4. The third-order valence-corrected chi connectivity index (χ3v) is 1.24. The Morgan fingerprint density at radius 1 is 1.27 bits per heavy atom. The van der Waals surface area contributed by atoms with Crippen molar-refractivity contribution in [1.82, 2.24) is 0 Å². The van der Waals surface area contributed by atoms with Gasteiger partial charge in [0.05, 0.1) is 0 Å². The van der Waals surface area contributed by atoms with Gasteiger partial charge in [0, 0.05) is 0 Å². The standard InChI is InChI=1S/C8H8O.C2H6/c1-6-3-4-8(9)7(2)5-6;1-2/h3-5H,1H2,2H3;1-2H3. The molecule has 0 amide bonds. The minimum absolute atomic E-state index is 0.0856. The second-order valence-corrected chi connectivity index (χ2v) is 2.10. The van der Waals surface area contributed by atoms with E-state index in [0.717, 1.165) is 11.1 Å². The molecule has 0 atom stereocenters. The van der Waals surface area contributed by atoms with Gasteiger partial charge in [0.15, 0.2) is 5.78 Å². The number of rotatable bonds is 0. The van der Waals surface area contributed by atoms with Gasteiger partial charge in [-0.05, 0) is 30.2 Å². The average molecular weight is 150 g/mol. The summed E-state index contributed by atoms with van der Waals surface area (Å²) in [5, 5.41) is 0. The highest BCUT2D eigenvalue weighted by atomic mass is 16.1. The van der Waals surface area contributed by atoms with Gasteiger partial charge < -0.3 is 0 Å². The van der Waals surface area contributed by atoms with Crippen LogP contribution in [0.4, 0.5) is 0 Å². The molecule has 0 N–H and O–H groups in total. The number of carbonyl (C=O) groups excluding carboxylic acids is 1. The van der Waals surface area contributed by atoms with Crippen LogP contribution in [0, 0.1) is 0 Å².